The minimum atomic E-state index is -0.486. The first-order chi connectivity index (χ1) is 10.6. The van der Waals surface area contributed by atoms with Gasteiger partial charge in [0.25, 0.3) is 5.56 Å². The predicted molar refractivity (Wildman–Crippen MR) is 87.0 cm³/mol. The third kappa shape index (κ3) is 1.83. The Kier molecular flexibility index (Phi) is 2.77. The lowest BCUT2D eigenvalue weighted by Crippen LogP contribution is -2.29. The van der Waals surface area contributed by atoms with E-state index in [-0.39, 0.29) is 0 Å². The molecule has 0 atom stereocenters. The van der Waals surface area contributed by atoms with Gasteiger partial charge in [-0.25, -0.2) is 4.79 Å². The van der Waals surface area contributed by atoms with Gasteiger partial charge in [-0.15, -0.1) is 0 Å². The maximum absolute atomic E-state index is 12.4. The highest BCUT2D eigenvalue weighted by atomic mass is 35.5. The van der Waals surface area contributed by atoms with Crippen LogP contribution in [0.3, 0.4) is 0 Å². The average Bonchev–Trinajstić information content (AvgIpc) is 2.96. The monoisotopic (exact) mass is 311 g/mol. The largest absolute Gasteiger partial charge is 0.333 e. The summed E-state index contributed by atoms with van der Waals surface area (Å²) in [6.45, 7) is 0. The van der Waals surface area contributed by atoms with Gasteiger partial charge >= 0.3 is 5.69 Å². The highest BCUT2D eigenvalue weighted by Gasteiger charge is 2.16. The molecule has 6 heteroatoms. The predicted octanol–water partition coefficient (Wildman–Crippen LogP) is 2.59. The third-order valence-electron chi connectivity index (χ3n) is 3.76. The van der Waals surface area contributed by atoms with Crippen molar-refractivity contribution in [1.29, 1.82) is 0 Å². The molecule has 3 aromatic rings. The standard InChI is InChI=1S/C16H10ClN3O2/c17-9-4-5-11-14(8-9)20(16(22)19-15(11)21)13-3-1-2-12-10(13)6-7-18-12/h1-5,7-8H,6H2,(H,19,21,22). The van der Waals surface area contributed by atoms with E-state index >= 15 is 0 Å². The molecule has 0 bridgehead atoms. The second-order valence-electron chi connectivity index (χ2n) is 5.05. The smallest absolute Gasteiger partial charge is 0.273 e. The number of rotatable bonds is 1. The van der Waals surface area contributed by atoms with Crippen molar-refractivity contribution < 1.29 is 0 Å². The molecule has 5 nitrogen and oxygen atoms in total. The molecule has 108 valence electrons. The third-order valence-corrected chi connectivity index (χ3v) is 4.00. The van der Waals surface area contributed by atoms with Gasteiger partial charge in [0.2, 0.25) is 0 Å². The number of benzene rings is 2. The van der Waals surface area contributed by atoms with Gasteiger partial charge in [0.05, 0.1) is 22.3 Å². The molecule has 0 saturated carbocycles. The van der Waals surface area contributed by atoms with Crippen LogP contribution in [0.5, 0.6) is 0 Å². The molecule has 1 aliphatic rings. The average molecular weight is 312 g/mol. The highest BCUT2D eigenvalue weighted by Crippen LogP contribution is 2.30. The van der Waals surface area contributed by atoms with Crippen LogP contribution < -0.4 is 11.2 Å². The first-order valence-corrected chi connectivity index (χ1v) is 7.12. The van der Waals surface area contributed by atoms with Crippen LogP contribution in [0.4, 0.5) is 5.69 Å². The fourth-order valence-corrected chi connectivity index (χ4v) is 2.95. The summed E-state index contributed by atoms with van der Waals surface area (Å²) in [4.78, 5) is 31.0. The summed E-state index contributed by atoms with van der Waals surface area (Å²) in [5, 5.41) is 0.885. The SMILES string of the molecule is O=c1[nH]c(=O)n(-c2cccc3c2CC=N3)c2cc(Cl)ccc12. The summed E-state index contributed by atoms with van der Waals surface area (Å²) in [6, 6.07) is 10.5. The Hall–Kier alpha value is -2.66. The van der Waals surface area contributed by atoms with Crippen LogP contribution in [-0.2, 0) is 6.42 Å². The van der Waals surface area contributed by atoms with Crippen LogP contribution in [-0.4, -0.2) is 15.8 Å². The van der Waals surface area contributed by atoms with Gasteiger partial charge in [0.15, 0.2) is 0 Å². The van der Waals surface area contributed by atoms with Crippen molar-refractivity contribution in [1.82, 2.24) is 9.55 Å². The summed E-state index contributed by atoms with van der Waals surface area (Å²) in [5.74, 6) is 0. The number of hydrogen-bond donors (Lipinski definition) is 1. The quantitative estimate of drug-likeness (QED) is 0.750. The number of nitrogens with one attached hydrogen (secondary N) is 1. The van der Waals surface area contributed by atoms with E-state index in [1.54, 1.807) is 24.4 Å². The Morgan fingerprint density at radius 3 is 2.91 bits per heavy atom. The van der Waals surface area contributed by atoms with Gasteiger partial charge in [0.1, 0.15) is 0 Å². The van der Waals surface area contributed by atoms with Crippen molar-refractivity contribution in [3.8, 4) is 5.69 Å². The number of nitrogens with zero attached hydrogens (tertiary/aromatic N) is 2. The van der Waals surface area contributed by atoms with E-state index in [0.29, 0.717) is 28.0 Å². The van der Waals surface area contributed by atoms with Crippen LogP contribution >= 0.6 is 11.6 Å². The summed E-state index contributed by atoms with van der Waals surface area (Å²) >= 11 is 6.05. The van der Waals surface area contributed by atoms with E-state index in [9.17, 15) is 9.59 Å². The molecule has 4 rings (SSSR count). The molecule has 22 heavy (non-hydrogen) atoms. The van der Waals surface area contributed by atoms with E-state index in [1.165, 1.54) is 4.57 Å². The number of fused-ring (bicyclic) bond motifs is 2. The van der Waals surface area contributed by atoms with Crippen LogP contribution in [0.25, 0.3) is 16.6 Å². The molecule has 2 aromatic carbocycles. The number of aliphatic imine (C=N–C) groups is 1. The zero-order valence-corrected chi connectivity index (χ0v) is 12.1. The lowest BCUT2D eigenvalue weighted by molar-refractivity contribution is 0.934. The van der Waals surface area contributed by atoms with Gasteiger partial charge in [-0.1, -0.05) is 17.7 Å². The van der Waals surface area contributed by atoms with Crippen LogP contribution in [0, 0.1) is 0 Å². The maximum Gasteiger partial charge on any atom is 0.333 e. The van der Waals surface area contributed by atoms with Crippen molar-refractivity contribution in [2.24, 2.45) is 4.99 Å². The fourth-order valence-electron chi connectivity index (χ4n) is 2.79. The summed E-state index contributed by atoms with van der Waals surface area (Å²) in [6.07, 6.45) is 2.46. The van der Waals surface area contributed by atoms with E-state index in [2.05, 4.69) is 9.98 Å². The van der Waals surface area contributed by atoms with Gasteiger partial charge in [-0.2, -0.15) is 0 Å². The first kappa shape index (κ1) is 13.0. The Morgan fingerprint density at radius 2 is 2.05 bits per heavy atom. The number of aromatic nitrogens is 2. The zero-order valence-electron chi connectivity index (χ0n) is 11.3. The summed E-state index contributed by atoms with van der Waals surface area (Å²) in [5.41, 5.74) is 2.09. The molecule has 0 aliphatic carbocycles. The Balaban J connectivity index is 2.17. The Labute approximate surface area is 129 Å². The minimum Gasteiger partial charge on any atom is -0.273 e. The topological polar surface area (TPSA) is 67.2 Å². The molecular weight excluding hydrogens is 302 g/mol. The zero-order chi connectivity index (χ0) is 15.3. The lowest BCUT2D eigenvalue weighted by atomic mass is 10.1. The second-order valence-corrected chi connectivity index (χ2v) is 5.48. The molecule has 1 aromatic heterocycles. The van der Waals surface area contributed by atoms with Gasteiger partial charge in [0, 0.05) is 23.2 Å². The minimum absolute atomic E-state index is 0.417. The van der Waals surface area contributed by atoms with Crippen molar-refractivity contribution >= 4 is 34.4 Å². The molecule has 0 fully saturated rings. The van der Waals surface area contributed by atoms with Crippen molar-refractivity contribution in [3.05, 3.63) is 67.8 Å². The molecule has 0 unspecified atom stereocenters. The number of H-pyrrole nitrogens is 1. The molecular formula is C16H10ClN3O2. The lowest BCUT2D eigenvalue weighted by Gasteiger charge is -2.13. The van der Waals surface area contributed by atoms with Crippen LogP contribution in [0.2, 0.25) is 5.02 Å². The van der Waals surface area contributed by atoms with E-state index in [4.69, 9.17) is 11.6 Å². The maximum atomic E-state index is 12.4. The Morgan fingerprint density at radius 1 is 1.18 bits per heavy atom. The van der Waals surface area contributed by atoms with Crippen molar-refractivity contribution in [2.45, 2.75) is 6.42 Å². The number of aromatic amines is 1. The second kappa shape index (κ2) is 4.68. The highest BCUT2D eigenvalue weighted by molar-refractivity contribution is 6.31. The van der Waals surface area contributed by atoms with Crippen molar-refractivity contribution in [3.63, 3.8) is 0 Å². The normalized spacial score (nSPS) is 12.8. The number of halogens is 1. The van der Waals surface area contributed by atoms with E-state index < -0.39 is 11.2 Å². The van der Waals surface area contributed by atoms with Crippen LogP contribution in [0.1, 0.15) is 5.56 Å². The number of hydrogen-bond acceptors (Lipinski definition) is 3. The van der Waals surface area contributed by atoms with Crippen LogP contribution in [0.15, 0.2) is 51.0 Å². The van der Waals surface area contributed by atoms with Gasteiger partial charge < -0.3 is 0 Å². The fraction of sp³-hybridized carbons (Fsp3) is 0.0625. The first-order valence-electron chi connectivity index (χ1n) is 6.74. The van der Waals surface area contributed by atoms with E-state index in [0.717, 1.165) is 11.3 Å². The Bertz CT molecular complexity index is 1060. The summed E-state index contributed by atoms with van der Waals surface area (Å²) < 4.78 is 1.48. The van der Waals surface area contributed by atoms with Gasteiger partial charge in [-0.3, -0.25) is 19.3 Å². The molecule has 2 heterocycles. The summed E-state index contributed by atoms with van der Waals surface area (Å²) in [7, 11) is 0. The molecule has 0 saturated heterocycles. The molecule has 1 aliphatic heterocycles. The van der Waals surface area contributed by atoms with Crippen molar-refractivity contribution in [2.75, 3.05) is 0 Å². The van der Waals surface area contributed by atoms with Gasteiger partial charge in [-0.05, 0) is 30.3 Å². The molecule has 0 radical (unpaired) electrons. The molecule has 1 N–H and O–H groups in total. The molecule has 0 amide bonds. The van der Waals surface area contributed by atoms with E-state index in [1.807, 2.05) is 18.2 Å². The molecule has 0 spiro atoms.